The molecule has 0 amide bonds. The molecule has 0 aliphatic heterocycles. The summed E-state index contributed by atoms with van der Waals surface area (Å²) in [6, 6.07) is 3.54. The van der Waals surface area contributed by atoms with E-state index in [1.165, 1.54) is 22.7 Å². The van der Waals surface area contributed by atoms with Gasteiger partial charge in [0, 0.05) is 32.2 Å². The topological polar surface area (TPSA) is 72.2 Å². The number of hydrogen-bond donors (Lipinski definition) is 2. The number of rotatable bonds is 5. The van der Waals surface area contributed by atoms with Gasteiger partial charge in [0.05, 0.1) is 4.90 Å². The van der Waals surface area contributed by atoms with Crippen LogP contribution in [0.25, 0.3) is 0 Å². The Balaban J connectivity index is 2.18. The average molecular weight is 381 g/mol. The van der Waals surface area contributed by atoms with Gasteiger partial charge in [-0.25, -0.2) is 13.1 Å². The van der Waals surface area contributed by atoms with Gasteiger partial charge >= 0.3 is 0 Å². The summed E-state index contributed by atoms with van der Waals surface area (Å²) in [5.41, 5.74) is 5.54. The van der Waals surface area contributed by atoms with Crippen molar-refractivity contribution in [1.29, 1.82) is 0 Å². The number of nitrogens with two attached hydrogens (primary N) is 1. The molecule has 8 heteroatoms. The van der Waals surface area contributed by atoms with Gasteiger partial charge < -0.3 is 5.73 Å². The SMILES string of the molecule is Cc1sc(CN)cc1S(=O)(=O)NCc1sccc1Br. The summed E-state index contributed by atoms with van der Waals surface area (Å²) in [6.07, 6.45) is 0. The number of hydrogen-bond acceptors (Lipinski definition) is 5. The van der Waals surface area contributed by atoms with Gasteiger partial charge in [-0.2, -0.15) is 0 Å². The maximum atomic E-state index is 12.2. The molecule has 0 fully saturated rings. The molecular formula is C11H13BrN2O2S3. The molecule has 2 rings (SSSR count). The molecule has 0 aliphatic rings. The fourth-order valence-corrected chi connectivity index (χ4v) is 5.61. The van der Waals surface area contributed by atoms with Crippen LogP contribution in [-0.2, 0) is 23.1 Å². The number of thiophene rings is 2. The summed E-state index contributed by atoms with van der Waals surface area (Å²) < 4.78 is 28.0. The van der Waals surface area contributed by atoms with Gasteiger partial charge in [0.15, 0.2) is 0 Å². The first-order chi connectivity index (χ1) is 8.94. The molecule has 0 aromatic carbocycles. The largest absolute Gasteiger partial charge is 0.326 e. The molecule has 2 aromatic rings. The number of aryl methyl sites for hydroxylation is 1. The second-order valence-electron chi connectivity index (χ2n) is 3.85. The van der Waals surface area contributed by atoms with Crippen LogP contribution in [0.15, 0.2) is 26.9 Å². The highest BCUT2D eigenvalue weighted by atomic mass is 79.9. The highest BCUT2D eigenvalue weighted by molar-refractivity contribution is 9.10. The van der Waals surface area contributed by atoms with E-state index in [4.69, 9.17) is 5.73 Å². The van der Waals surface area contributed by atoms with E-state index >= 15 is 0 Å². The maximum absolute atomic E-state index is 12.2. The van der Waals surface area contributed by atoms with Crippen molar-refractivity contribution in [3.8, 4) is 0 Å². The van der Waals surface area contributed by atoms with E-state index in [-0.39, 0.29) is 6.54 Å². The maximum Gasteiger partial charge on any atom is 0.242 e. The van der Waals surface area contributed by atoms with Crippen molar-refractivity contribution in [1.82, 2.24) is 4.72 Å². The zero-order chi connectivity index (χ0) is 14.0. The Hall–Kier alpha value is -0.250. The predicted molar refractivity (Wildman–Crippen MR) is 83.0 cm³/mol. The quantitative estimate of drug-likeness (QED) is 0.837. The van der Waals surface area contributed by atoms with Gasteiger partial charge in [-0.15, -0.1) is 22.7 Å². The summed E-state index contributed by atoms with van der Waals surface area (Å²) in [6.45, 7) is 2.44. The normalized spacial score (nSPS) is 11.9. The zero-order valence-corrected chi connectivity index (χ0v) is 14.2. The summed E-state index contributed by atoms with van der Waals surface area (Å²) in [5.74, 6) is 0. The Bertz CT molecular complexity index is 676. The van der Waals surface area contributed by atoms with Crippen LogP contribution in [0.4, 0.5) is 0 Å². The molecule has 0 saturated heterocycles. The van der Waals surface area contributed by atoms with Crippen molar-refractivity contribution >= 4 is 48.6 Å². The first-order valence-electron chi connectivity index (χ1n) is 5.45. The molecular weight excluding hydrogens is 368 g/mol. The highest BCUT2D eigenvalue weighted by Crippen LogP contribution is 2.26. The van der Waals surface area contributed by atoms with Crippen LogP contribution in [0.1, 0.15) is 14.6 Å². The third kappa shape index (κ3) is 3.45. The van der Waals surface area contributed by atoms with E-state index < -0.39 is 10.0 Å². The van der Waals surface area contributed by atoms with Gasteiger partial charge in [0.2, 0.25) is 10.0 Å². The summed E-state index contributed by atoms with van der Waals surface area (Å²) in [7, 11) is -3.48. The lowest BCUT2D eigenvalue weighted by atomic mass is 10.4. The fraction of sp³-hybridized carbons (Fsp3) is 0.273. The van der Waals surface area contributed by atoms with Gasteiger partial charge in [-0.3, -0.25) is 0 Å². The lowest BCUT2D eigenvalue weighted by molar-refractivity contribution is 0.581. The summed E-state index contributed by atoms with van der Waals surface area (Å²) in [4.78, 5) is 2.91. The third-order valence-corrected chi connectivity index (χ3v) is 7.18. The van der Waals surface area contributed by atoms with Crippen LogP contribution in [0, 0.1) is 6.92 Å². The molecule has 0 radical (unpaired) electrons. The molecule has 0 bridgehead atoms. The van der Waals surface area contributed by atoms with Crippen LogP contribution < -0.4 is 10.5 Å². The molecule has 2 heterocycles. The van der Waals surface area contributed by atoms with Crippen molar-refractivity contribution < 1.29 is 8.42 Å². The Morgan fingerprint density at radius 1 is 1.47 bits per heavy atom. The molecule has 0 aliphatic carbocycles. The van der Waals surface area contributed by atoms with E-state index in [2.05, 4.69) is 20.7 Å². The summed E-state index contributed by atoms with van der Waals surface area (Å²) in [5, 5.41) is 1.91. The molecule has 0 atom stereocenters. The second kappa shape index (κ2) is 6.02. The Labute approximate surface area is 128 Å². The van der Waals surface area contributed by atoms with Crippen LogP contribution in [0.3, 0.4) is 0 Å². The smallest absolute Gasteiger partial charge is 0.242 e. The van der Waals surface area contributed by atoms with E-state index in [1.807, 2.05) is 11.4 Å². The second-order valence-corrected chi connectivity index (χ2v) is 8.78. The van der Waals surface area contributed by atoms with Crippen LogP contribution >= 0.6 is 38.6 Å². The standard InChI is InChI=1S/C11H13BrN2O2S3/c1-7-11(4-8(5-13)18-7)19(15,16)14-6-10-9(12)2-3-17-10/h2-4,14H,5-6,13H2,1H3. The minimum absolute atomic E-state index is 0.286. The van der Waals surface area contributed by atoms with Crippen molar-refractivity contribution in [2.24, 2.45) is 5.73 Å². The van der Waals surface area contributed by atoms with Gasteiger partial charge in [0.1, 0.15) is 0 Å². The Morgan fingerprint density at radius 2 is 2.21 bits per heavy atom. The highest BCUT2D eigenvalue weighted by Gasteiger charge is 2.19. The minimum atomic E-state index is -3.48. The van der Waals surface area contributed by atoms with Gasteiger partial charge in [-0.1, -0.05) is 0 Å². The molecule has 0 unspecified atom stereocenters. The number of nitrogens with one attached hydrogen (secondary N) is 1. The monoisotopic (exact) mass is 380 g/mol. The third-order valence-electron chi connectivity index (χ3n) is 2.53. The Kier molecular flexibility index (Phi) is 4.80. The van der Waals surface area contributed by atoms with E-state index in [0.29, 0.717) is 11.4 Å². The molecule has 19 heavy (non-hydrogen) atoms. The first-order valence-corrected chi connectivity index (χ1v) is 9.42. The summed E-state index contributed by atoms with van der Waals surface area (Å²) >= 11 is 6.31. The molecule has 0 spiro atoms. The van der Waals surface area contributed by atoms with Crippen molar-refractivity contribution in [2.75, 3.05) is 0 Å². The minimum Gasteiger partial charge on any atom is -0.326 e. The van der Waals surface area contributed by atoms with E-state index in [9.17, 15) is 8.42 Å². The average Bonchev–Trinajstić information content (AvgIpc) is 2.93. The molecule has 2 aromatic heterocycles. The van der Waals surface area contributed by atoms with E-state index in [0.717, 1.165) is 19.1 Å². The lowest BCUT2D eigenvalue weighted by Crippen LogP contribution is -2.23. The zero-order valence-electron chi connectivity index (χ0n) is 10.1. The van der Waals surface area contributed by atoms with Crippen LogP contribution in [0.2, 0.25) is 0 Å². The van der Waals surface area contributed by atoms with Crippen molar-refractivity contribution in [3.05, 3.63) is 36.6 Å². The van der Waals surface area contributed by atoms with Crippen LogP contribution in [-0.4, -0.2) is 8.42 Å². The first kappa shape index (κ1) is 15.1. The van der Waals surface area contributed by atoms with Crippen LogP contribution in [0.5, 0.6) is 0 Å². The van der Waals surface area contributed by atoms with Crippen molar-refractivity contribution in [3.63, 3.8) is 0 Å². The Morgan fingerprint density at radius 3 is 2.74 bits per heavy atom. The lowest BCUT2D eigenvalue weighted by Gasteiger charge is -2.05. The fourth-order valence-electron chi connectivity index (χ4n) is 1.58. The predicted octanol–water partition coefficient (Wildman–Crippen LogP) is 2.82. The van der Waals surface area contributed by atoms with Gasteiger partial charge in [-0.05, 0) is 40.4 Å². The number of halogens is 1. The molecule has 104 valence electrons. The molecule has 4 nitrogen and oxygen atoms in total. The van der Waals surface area contributed by atoms with E-state index in [1.54, 1.807) is 13.0 Å². The van der Waals surface area contributed by atoms with Gasteiger partial charge in [0.25, 0.3) is 0 Å². The number of sulfonamides is 1. The molecule has 3 N–H and O–H groups in total. The molecule has 0 saturated carbocycles. The van der Waals surface area contributed by atoms with Crippen molar-refractivity contribution in [2.45, 2.75) is 24.9 Å².